The zero-order valence-corrected chi connectivity index (χ0v) is 12.7. The average Bonchev–Trinajstić information content (AvgIpc) is 3.08. The van der Waals surface area contributed by atoms with Crippen molar-refractivity contribution in [2.24, 2.45) is 5.92 Å². The highest BCUT2D eigenvalue weighted by Crippen LogP contribution is 2.20. The minimum absolute atomic E-state index is 0.0445. The number of pyridine rings is 1. The lowest BCUT2D eigenvalue weighted by Crippen LogP contribution is -2.35. The molecule has 116 valence electrons. The van der Waals surface area contributed by atoms with Crippen molar-refractivity contribution in [1.29, 1.82) is 0 Å². The van der Waals surface area contributed by atoms with Gasteiger partial charge < -0.3 is 10.2 Å². The van der Waals surface area contributed by atoms with Crippen LogP contribution in [-0.2, 0) is 16.1 Å². The van der Waals surface area contributed by atoms with Gasteiger partial charge in [-0.15, -0.1) is 10.2 Å². The second kappa shape index (κ2) is 5.75. The highest BCUT2D eigenvalue weighted by molar-refractivity contribution is 5.89. The summed E-state index contributed by atoms with van der Waals surface area (Å²) in [5, 5.41) is 11.0. The quantitative estimate of drug-likeness (QED) is 0.897. The van der Waals surface area contributed by atoms with E-state index < -0.39 is 0 Å². The largest absolute Gasteiger partial charge is 0.348 e. The number of amides is 2. The molecule has 0 aliphatic carbocycles. The predicted octanol–water partition coefficient (Wildman–Crippen LogP) is 0.602. The average molecular weight is 301 g/mol. The van der Waals surface area contributed by atoms with Crippen LogP contribution in [0.1, 0.15) is 26.1 Å². The van der Waals surface area contributed by atoms with Gasteiger partial charge in [-0.1, -0.05) is 6.07 Å². The molecule has 1 N–H and O–H groups in total. The summed E-state index contributed by atoms with van der Waals surface area (Å²) in [7, 11) is 0. The molecule has 22 heavy (non-hydrogen) atoms. The van der Waals surface area contributed by atoms with E-state index in [2.05, 4.69) is 15.5 Å². The molecule has 1 aliphatic rings. The first-order valence-electron chi connectivity index (χ1n) is 7.42. The van der Waals surface area contributed by atoms with Gasteiger partial charge in [0, 0.05) is 25.2 Å². The van der Waals surface area contributed by atoms with Crippen LogP contribution in [0.3, 0.4) is 0 Å². The molecule has 1 aliphatic heterocycles. The van der Waals surface area contributed by atoms with E-state index in [9.17, 15) is 9.59 Å². The molecule has 0 saturated carbocycles. The third-order valence-electron chi connectivity index (χ3n) is 3.96. The highest BCUT2D eigenvalue weighted by Gasteiger charge is 2.35. The third-order valence-corrected chi connectivity index (χ3v) is 3.96. The fourth-order valence-electron chi connectivity index (χ4n) is 2.73. The molecule has 7 heteroatoms. The maximum atomic E-state index is 12.2. The summed E-state index contributed by atoms with van der Waals surface area (Å²) in [5.41, 5.74) is 0.744. The van der Waals surface area contributed by atoms with Crippen molar-refractivity contribution in [1.82, 2.24) is 24.8 Å². The van der Waals surface area contributed by atoms with Crippen LogP contribution in [0.4, 0.5) is 0 Å². The molecular formula is C15H19N5O2. The smallest absolute Gasteiger partial charge is 0.225 e. The van der Waals surface area contributed by atoms with Crippen LogP contribution in [0.2, 0.25) is 0 Å². The van der Waals surface area contributed by atoms with Gasteiger partial charge in [0.25, 0.3) is 0 Å². The summed E-state index contributed by atoms with van der Waals surface area (Å²) in [5.74, 6) is 0.329. The topological polar surface area (TPSA) is 79.6 Å². The van der Waals surface area contributed by atoms with Crippen molar-refractivity contribution in [2.75, 3.05) is 6.54 Å². The SMILES string of the molecule is CC(C)N1CC(C(=O)NCc2nnc3ccccn23)CC1=O. The first-order valence-corrected chi connectivity index (χ1v) is 7.42. The summed E-state index contributed by atoms with van der Waals surface area (Å²) >= 11 is 0. The van der Waals surface area contributed by atoms with Gasteiger partial charge in [0.05, 0.1) is 12.5 Å². The molecule has 1 atom stereocenters. The maximum absolute atomic E-state index is 12.2. The summed E-state index contributed by atoms with van der Waals surface area (Å²) in [4.78, 5) is 25.8. The molecule has 1 fully saturated rings. The number of carbonyl (C=O) groups excluding carboxylic acids is 2. The Morgan fingerprint density at radius 2 is 2.23 bits per heavy atom. The Morgan fingerprint density at radius 1 is 1.41 bits per heavy atom. The number of nitrogens with zero attached hydrogens (tertiary/aromatic N) is 4. The van der Waals surface area contributed by atoms with Crippen LogP contribution in [0.15, 0.2) is 24.4 Å². The van der Waals surface area contributed by atoms with Crippen molar-refractivity contribution in [2.45, 2.75) is 32.9 Å². The second-order valence-electron chi connectivity index (χ2n) is 5.80. The Morgan fingerprint density at radius 3 is 2.95 bits per heavy atom. The van der Waals surface area contributed by atoms with E-state index in [1.165, 1.54) is 0 Å². The summed E-state index contributed by atoms with van der Waals surface area (Å²) in [6, 6.07) is 5.76. The summed E-state index contributed by atoms with van der Waals surface area (Å²) < 4.78 is 1.83. The van der Waals surface area contributed by atoms with Gasteiger partial charge in [-0.25, -0.2) is 0 Å². The van der Waals surface area contributed by atoms with Gasteiger partial charge in [0.1, 0.15) is 0 Å². The number of rotatable bonds is 4. The molecule has 2 amide bonds. The Bertz CT molecular complexity index is 709. The van der Waals surface area contributed by atoms with Crippen LogP contribution in [0, 0.1) is 5.92 Å². The van der Waals surface area contributed by atoms with Crippen LogP contribution < -0.4 is 5.32 Å². The minimum Gasteiger partial charge on any atom is -0.348 e. The fourth-order valence-corrected chi connectivity index (χ4v) is 2.73. The standard InChI is InChI=1S/C15H19N5O2/c1-10(2)20-9-11(7-14(20)21)15(22)16-8-13-18-17-12-5-3-4-6-19(12)13/h3-6,10-11H,7-9H2,1-2H3,(H,16,22). The Hall–Kier alpha value is -2.44. The van der Waals surface area contributed by atoms with Crippen molar-refractivity contribution >= 4 is 17.5 Å². The zero-order chi connectivity index (χ0) is 15.7. The molecule has 0 radical (unpaired) electrons. The van der Waals surface area contributed by atoms with Gasteiger partial charge in [-0.05, 0) is 26.0 Å². The van der Waals surface area contributed by atoms with E-state index in [-0.39, 0.29) is 30.2 Å². The normalized spacial score (nSPS) is 18.4. The lowest BCUT2D eigenvalue weighted by molar-refractivity contribution is -0.130. The molecule has 0 bridgehead atoms. The Kier molecular flexibility index (Phi) is 3.79. The predicted molar refractivity (Wildman–Crippen MR) is 79.8 cm³/mol. The number of hydrogen-bond donors (Lipinski definition) is 1. The molecule has 2 aromatic heterocycles. The van der Waals surface area contributed by atoms with E-state index in [0.717, 1.165) is 5.65 Å². The van der Waals surface area contributed by atoms with Crippen LogP contribution in [0.25, 0.3) is 5.65 Å². The van der Waals surface area contributed by atoms with Crippen LogP contribution >= 0.6 is 0 Å². The lowest BCUT2D eigenvalue weighted by atomic mass is 10.1. The molecule has 2 aromatic rings. The maximum Gasteiger partial charge on any atom is 0.225 e. The molecule has 3 heterocycles. The third kappa shape index (κ3) is 2.66. The first kappa shape index (κ1) is 14.5. The number of carbonyl (C=O) groups is 2. The number of nitrogens with one attached hydrogen (secondary N) is 1. The highest BCUT2D eigenvalue weighted by atomic mass is 16.2. The van der Waals surface area contributed by atoms with E-state index in [0.29, 0.717) is 18.9 Å². The summed E-state index contributed by atoms with van der Waals surface area (Å²) in [6.45, 7) is 4.71. The molecule has 7 nitrogen and oxygen atoms in total. The molecule has 1 saturated heterocycles. The van der Waals surface area contributed by atoms with E-state index in [4.69, 9.17) is 0 Å². The van der Waals surface area contributed by atoms with Gasteiger partial charge in [-0.2, -0.15) is 0 Å². The second-order valence-corrected chi connectivity index (χ2v) is 5.80. The summed E-state index contributed by atoms with van der Waals surface area (Å²) in [6.07, 6.45) is 2.14. The van der Waals surface area contributed by atoms with Gasteiger partial charge in [0.2, 0.25) is 11.8 Å². The van der Waals surface area contributed by atoms with Crippen molar-refractivity contribution in [3.63, 3.8) is 0 Å². The molecular weight excluding hydrogens is 282 g/mol. The number of aromatic nitrogens is 3. The van der Waals surface area contributed by atoms with Crippen LogP contribution in [0.5, 0.6) is 0 Å². The number of hydrogen-bond acceptors (Lipinski definition) is 4. The monoisotopic (exact) mass is 301 g/mol. The van der Waals surface area contributed by atoms with Crippen molar-refractivity contribution in [3.05, 3.63) is 30.2 Å². The molecule has 0 aromatic carbocycles. The fraction of sp³-hybridized carbons (Fsp3) is 0.467. The van der Waals surface area contributed by atoms with Gasteiger partial charge in [-0.3, -0.25) is 14.0 Å². The molecule has 3 rings (SSSR count). The van der Waals surface area contributed by atoms with Crippen LogP contribution in [-0.4, -0.2) is 43.9 Å². The van der Waals surface area contributed by atoms with Crippen molar-refractivity contribution in [3.8, 4) is 0 Å². The van der Waals surface area contributed by atoms with Crippen molar-refractivity contribution < 1.29 is 9.59 Å². The zero-order valence-electron chi connectivity index (χ0n) is 12.7. The Labute approximate surface area is 128 Å². The number of fused-ring (bicyclic) bond motifs is 1. The first-order chi connectivity index (χ1) is 10.6. The molecule has 1 unspecified atom stereocenters. The van der Waals surface area contributed by atoms with E-state index >= 15 is 0 Å². The molecule has 0 spiro atoms. The minimum atomic E-state index is -0.283. The van der Waals surface area contributed by atoms with E-state index in [1.54, 1.807) is 4.90 Å². The number of likely N-dealkylation sites (tertiary alicyclic amines) is 1. The Balaban J connectivity index is 1.62. The van der Waals surface area contributed by atoms with Gasteiger partial charge in [0.15, 0.2) is 11.5 Å². The lowest BCUT2D eigenvalue weighted by Gasteiger charge is -2.20. The van der Waals surface area contributed by atoms with E-state index in [1.807, 2.05) is 42.6 Å². The van der Waals surface area contributed by atoms with Gasteiger partial charge >= 0.3 is 0 Å².